The third kappa shape index (κ3) is 4.42. The van der Waals surface area contributed by atoms with Gasteiger partial charge in [0.2, 0.25) is 0 Å². The minimum Gasteiger partial charge on any atom is -0.382 e. The first kappa shape index (κ1) is 12.2. The van der Waals surface area contributed by atoms with Crippen molar-refractivity contribution in [3.05, 3.63) is 30.1 Å². The van der Waals surface area contributed by atoms with Crippen molar-refractivity contribution in [2.45, 2.75) is 12.4 Å². The molecular weight excluding hydrogens is 210 g/mol. The molecule has 0 bridgehead atoms. The lowest BCUT2D eigenvalue weighted by Gasteiger charge is -2.08. The van der Waals surface area contributed by atoms with Gasteiger partial charge in [0.15, 0.2) is 0 Å². The molecule has 1 aromatic heterocycles. The van der Waals surface area contributed by atoms with Gasteiger partial charge in [-0.25, -0.2) is 0 Å². The van der Waals surface area contributed by atoms with Crippen LogP contribution in [0.2, 0.25) is 0 Å². The molecule has 82 valence electrons. The van der Waals surface area contributed by atoms with Crippen molar-refractivity contribution < 1.29 is 5.11 Å². The van der Waals surface area contributed by atoms with Crippen LogP contribution in [0.15, 0.2) is 29.5 Å². The van der Waals surface area contributed by atoms with Crippen LogP contribution >= 0.6 is 11.8 Å². The molecule has 1 atom stereocenters. The van der Waals surface area contributed by atoms with Gasteiger partial charge in [-0.15, -0.1) is 0 Å². The highest BCUT2D eigenvalue weighted by Gasteiger charge is 2.07. The lowest BCUT2D eigenvalue weighted by atomic mass is 10.3. The van der Waals surface area contributed by atoms with Crippen LogP contribution in [0.4, 0.5) is 0 Å². The maximum atomic E-state index is 9.33. The minimum atomic E-state index is -0.464. The Hall–Kier alpha value is -0.910. The summed E-state index contributed by atoms with van der Waals surface area (Å²) >= 11 is 1.33. The van der Waals surface area contributed by atoms with E-state index in [4.69, 9.17) is 0 Å². The number of nitrogens with zero attached hydrogens (tertiary/aromatic N) is 2. The highest BCUT2D eigenvalue weighted by Crippen LogP contribution is 2.16. The summed E-state index contributed by atoms with van der Waals surface area (Å²) in [5, 5.41) is 13.1. The Morgan fingerprint density at radius 1 is 1.60 bits per heavy atom. The van der Waals surface area contributed by atoms with Gasteiger partial charge < -0.3 is 10.4 Å². The second kappa shape index (κ2) is 6.55. The number of aromatic nitrogens is 1. The zero-order valence-corrected chi connectivity index (χ0v) is 9.66. The van der Waals surface area contributed by atoms with E-state index in [0.717, 1.165) is 10.6 Å². The molecule has 0 aliphatic heterocycles. The van der Waals surface area contributed by atoms with Gasteiger partial charge in [0, 0.05) is 18.0 Å². The van der Waals surface area contributed by atoms with E-state index < -0.39 is 5.44 Å². The van der Waals surface area contributed by atoms with Crippen molar-refractivity contribution in [1.29, 1.82) is 0 Å². The van der Waals surface area contributed by atoms with E-state index in [9.17, 15) is 5.11 Å². The Bertz CT molecular complexity index is 314. The maximum absolute atomic E-state index is 9.33. The number of thioether (sulfide) groups is 1. The van der Waals surface area contributed by atoms with Crippen LogP contribution in [-0.2, 0) is 0 Å². The largest absolute Gasteiger partial charge is 0.382 e. The third-order valence-corrected chi connectivity index (χ3v) is 2.52. The number of aliphatic imine (C=N–C) groups is 1. The van der Waals surface area contributed by atoms with Crippen molar-refractivity contribution in [3.63, 3.8) is 0 Å². The normalized spacial score (nSPS) is 13.9. The quantitative estimate of drug-likeness (QED) is 0.457. The fourth-order valence-electron chi connectivity index (χ4n) is 1.00. The van der Waals surface area contributed by atoms with Crippen LogP contribution in [0.3, 0.4) is 0 Å². The summed E-state index contributed by atoms with van der Waals surface area (Å²) in [6.07, 6.45) is 3.43. The molecule has 0 amide bonds. The standard InChI is InChI=1S/C10H15N3OS/c1-8(14)15-10(13-7-11-2)9-3-5-12-6-4-9/h3-6,8,11,14H,7H2,1-2H3/b13-10-. The molecule has 0 aliphatic carbocycles. The molecule has 4 nitrogen and oxygen atoms in total. The lowest BCUT2D eigenvalue weighted by molar-refractivity contribution is 0.285. The first-order chi connectivity index (χ1) is 7.24. The van der Waals surface area contributed by atoms with Crippen molar-refractivity contribution in [2.24, 2.45) is 4.99 Å². The van der Waals surface area contributed by atoms with Gasteiger partial charge in [0.1, 0.15) is 10.5 Å². The molecule has 1 aromatic rings. The number of rotatable bonds is 4. The van der Waals surface area contributed by atoms with Crippen molar-refractivity contribution >= 4 is 16.8 Å². The molecule has 1 unspecified atom stereocenters. The van der Waals surface area contributed by atoms with Crippen LogP contribution in [0, 0.1) is 0 Å². The van der Waals surface area contributed by atoms with E-state index >= 15 is 0 Å². The van der Waals surface area contributed by atoms with Crippen LogP contribution < -0.4 is 5.32 Å². The summed E-state index contributed by atoms with van der Waals surface area (Å²) in [4.78, 5) is 8.28. The number of aliphatic hydroxyl groups is 1. The Balaban J connectivity index is 2.81. The van der Waals surface area contributed by atoms with E-state index in [0.29, 0.717) is 6.67 Å². The molecule has 2 N–H and O–H groups in total. The fraction of sp³-hybridized carbons (Fsp3) is 0.400. The van der Waals surface area contributed by atoms with E-state index in [2.05, 4.69) is 15.3 Å². The molecule has 1 rings (SSSR count). The summed E-state index contributed by atoms with van der Waals surface area (Å²) in [7, 11) is 1.83. The molecule has 5 heteroatoms. The molecule has 0 saturated carbocycles. The first-order valence-electron chi connectivity index (χ1n) is 4.68. The predicted molar refractivity (Wildman–Crippen MR) is 64.0 cm³/mol. The Morgan fingerprint density at radius 2 is 2.27 bits per heavy atom. The van der Waals surface area contributed by atoms with Gasteiger partial charge in [-0.2, -0.15) is 0 Å². The molecule has 0 fully saturated rings. The van der Waals surface area contributed by atoms with Crippen molar-refractivity contribution in [2.75, 3.05) is 13.7 Å². The number of hydrogen-bond acceptors (Lipinski definition) is 5. The minimum absolute atomic E-state index is 0.464. The predicted octanol–water partition coefficient (Wildman–Crippen LogP) is 1.08. The SMILES string of the molecule is CNC/N=C(\SC(C)O)c1ccncc1. The third-order valence-electron chi connectivity index (χ3n) is 1.59. The fourth-order valence-corrected chi connectivity index (χ4v) is 1.74. The summed E-state index contributed by atoms with van der Waals surface area (Å²) in [6.45, 7) is 2.26. The van der Waals surface area contributed by atoms with Gasteiger partial charge >= 0.3 is 0 Å². The van der Waals surface area contributed by atoms with E-state index in [1.807, 2.05) is 19.2 Å². The first-order valence-corrected chi connectivity index (χ1v) is 5.56. The molecule has 0 radical (unpaired) electrons. The van der Waals surface area contributed by atoms with Gasteiger partial charge in [-0.3, -0.25) is 9.98 Å². The van der Waals surface area contributed by atoms with Crippen LogP contribution in [0.5, 0.6) is 0 Å². The molecule has 1 heterocycles. The molecule has 0 spiro atoms. The van der Waals surface area contributed by atoms with E-state index in [1.54, 1.807) is 19.3 Å². The lowest BCUT2D eigenvalue weighted by Crippen LogP contribution is -2.10. The average Bonchev–Trinajstić information content (AvgIpc) is 2.25. The molecule has 0 saturated heterocycles. The monoisotopic (exact) mass is 225 g/mol. The Kier molecular flexibility index (Phi) is 5.31. The van der Waals surface area contributed by atoms with Crippen LogP contribution in [-0.4, -0.2) is 34.3 Å². The molecule has 15 heavy (non-hydrogen) atoms. The summed E-state index contributed by atoms with van der Waals surface area (Å²) in [5.74, 6) is 0. The smallest absolute Gasteiger partial charge is 0.102 e. The Morgan fingerprint density at radius 3 is 2.80 bits per heavy atom. The molecular formula is C10H15N3OS. The summed E-state index contributed by atoms with van der Waals surface area (Å²) < 4.78 is 0. The van der Waals surface area contributed by atoms with Crippen LogP contribution in [0.25, 0.3) is 0 Å². The molecule has 0 aromatic carbocycles. The van der Waals surface area contributed by atoms with Crippen LogP contribution in [0.1, 0.15) is 12.5 Å². The molecule has 0 aliphatic rings. The second-order valence-electron chi connectivity index (χ2n) is 2.93. The zero-order chi connectivity index (χ0) is 11.1. The van der Waals surface area contributed by atoms with Gasteiger partial charge in [-0.1, -0.05) is 11.8 Å². The highest BCUT2D eigenvalue weighted by molar-refractivity contribution is 8.14. The number of nitrogens with one attached hydrogen (secondary N) is 1. The van der Waals surface area contributed by atoms with E-state index in [-0.39, 0.29) is 0 Å². The number of pyridine rings is 1. The van der Waals surface area contributed by atoms with Crippen molar-refractivity contribution in [1.82, 2.24) is 10.3 Å². The summed E-state index contributed by atoms with van der Waals surface area (Å²) in [6, 6.07) is 3.76. The van der Waals surface area contributed by atoms with Gasteiger partial charge in [0.25, 0.3) is 0 Å². The van der Waals surface area contributed by atoms with E-state index in [1.165, 1.54) is 11.8 Å². The topological polar surface area (TPSA) is 57.5 Å². The number of hydrogen-bond donors (Lipinski definition) is 2. The van der Waals surface area contributed by atoms with Gasteiger partial charge in [-0.05, 0) is 26.1 Å². The Labute approximate surface area is 93.8 Å². The highest BCUT2D eigenvalue weighted by atomic mass is 32.2. The summed E-state index contributed by atoms with van der Waals surface area (Å²) in [5.41, 5.74) is 0.514. The maximum Gasteiger partial charge on any atom is 0.102 e. The van der Waals surface area contributed by atoms with Gasteiger partial charge in [0.05, 0.1) is 6.67 Å². The zero-order valence-electron chi connectivity index (χ0n) is 8.84. The second-order valence-corrected chi connectivity index (χ2v) is 4.23. The number of aliphatic hydroxyl groups excluding tert-OH is 1. The van der Waals surface area contributed by atoms with Crippen molar-refractivity contribution in [3.8, 4) is 0 Å². The average molecular weight is 225 g/mol.